The van der Waals surface area contributed by atoms with Crippen molar-refractivity contribution in [2.24, 2.45) is 0 Å². The lowest BCUT2D eigenvalue weighted by Crippen LogP contribution is -2.24. The van der Waals surface area contributed by atoms with Crippen molar-refractivity contribution in [3.05, 3.63) is 58.4 Å². The highest BCUT2D eigenvalue weighted by Gasteiger charge is 2.30. The topological polar surface area (TPSA) is 101 Å². The number of nitrogens with zero attached hydrogens (tertiary/aromatic N) is 3. The number of aryl methyl sites for hydroxylation is 1. The van der Waals surface area contributed by atoms with E-state index in [1.165, 1.54) is 21.9 Å². The number of carbonyl (C=O) groups is 1. The van der Waals surface area contributed by atoms with Gasteiger partial charge in [-0.15, -0.1) is 0 Å². The number of benzene rings is 1. The quantitative estimate of drug-likeness (QED) is 0.649. The van der Waals surface area contributed by atoms with E-state index in [0.717, 1.165) is 16.1 Å². The number of hydrogen-bond donors (Lipinski definition) is 1. The molecule has 3 heterocycles. The van der Waals surface area contributed by atoms with Gasteiger partial charge in [0.25, 0.3) is 5.91 Å². The van der Waals surface area contributed by atoms with Gasteiger partial charge >= 0.3 is 0 Å². The zero-order valence-electron chi connectivity index (χ0n) is 16.7. The Labute approximate surface area is 178 Å². The van der Waals surface area contributed by atoms with Crippen molar-refractivity contribution in [3.8, 4) is 16.9 Å². The maximum Gasteiger partial charge on any atom is 0.259 e. The summed E-state index contributed by atoms with van der Waals surface area (Å²) in [5.74, 6) is 0.321. The van der Waals surface area contributed by atoms with Gasteiger partial charge in [0.2, 0.25) is 10.0 Å². The minimum Gasteiger partial charge on any atom is -0.496 e. The Kier molecular flexibility index (Phi) is 5.31. The minimum absolute atomic E-state index is 0.221. The van der Waals surface area contributed by atoms with Crippen molar-refractivity contribution in [2.45, 2.75) is 20.0 Å². The zero-order valence-corrected chi connectivity index (χ0v) is 18.3. The van der Waals surface area contributed by atoms with Crippen LogP contribution in [0.25, 0.3) is 11.1 Å². The standard InChI is InChI=1S/C20H20N4O4S2/c1-12-8-14(13-6-4-5-7-17(13)28-2)15(9-21-12)19(25)23-20-22-16-10-24(30(3,26)27)11-18(16)29-20/h4-9H,10-11H2,1-3H3,(H,22,23,25). The Bertz CT molecular complexity index is 1210. The summed E-state index contributed by atoms with van der Waals surface area (Å²) in [6, 6.07) is 9.33. The molecule has 3 aromatic rings. The average Bonchev–Trinajstić information content (AvgIpc) is 3.26. The normalized spacial score (nSPS) is 13.8. The van der Waals surface area contributed by atoms with Gasteiger partial charge in [-0.25, -0.2) is 13.4 Å². The molecule has 1 aliphatic heterocycles. The first-order valence-corrected chi connectivity index (χ1v) is 11.8. The third-order valence-corrected chi connectivity index (χ3v) is 6.99. The number of pyridine rings is 1. The molecule has 0 saturated heterocycles. The maximum absolute atomic E-state index is 13.0. The van der Waals surface area contributed by atoms with Crippen LogP contribution in [0.1, 0.15) is 26.6 Å². The van der Waals surface area contributed by atoms with Crippen molar-refractivity contribution in [3.63, 3.8) is 0 Å². The molecule has 4 rings (SSSR count). The zero-order chi connectivity index (χ0) is 21.5. The Morgan fingerprint density at radius 3 is 2.70 bits per heavy atom. The molecule has 1 aromatic carbocycles. The molecule has 30 heavy (non-hydrogen) atoms. The number of carbonyl (C=O) groups excluding carboxylic acids is 1. The first-order valence-electron chi connectivity index (χ1n) is 9.11. The van der Waals surface area contributed by atoms with E-state index in [9.17, 15) is 13.2 Å². The van der Waals surface area contributed by atoms with Crippen LogP contribution in [-0.2, 0) is 23.1 Å². The predicted octanol–water partition coefficient (Wildman–Crippen LogP) is 3.05. The van der Waals surface area contributed by atoms with E-state index in [4.69, 9.17) is 4.74 Å². The molecule has 0 fully saturated rings. The number of amides is 1. The number of aromatic nitrogens is 2. The molecule has 0 unspecified atom stereocenters. The SMILES string of the molecule is COc1ccccc1-c1cc(C)ncc1C(=O)Nc1nc2c(s1)CN(S(C)(=O)=O)C2. The summed E-state index contributed by atoms with van der Waals surface area (Å²) < 4.78 is 30.2. The number of thiazole rings is 1. The summed E-state index contributed by atoms with van der Waals surface area (Å²) in [6.45, 7) is 2.36. The molecule has 156 valence electrons. The van der Waals surface area contributed by atoms with Gasteiger partial charge in [-0.05, 0) is 19.1 Å². The van der Waals surface area contributed by atoms with Crippen molar-refractivity contribution in [1.82, 2.24) is 14.3 Å². The highest BCUT2D eigenvalue weighted by atomic mass is 32.2. The number of para-hydroxylation sites is 1. The molecular weight excluding hydrogens is 424 g/mol. The van der Waals surface area contributed by atoms with E-state index in [2.05, 4.69) is 15.3 Å². The second-order valence-electron chi connectivity index (χ2n) is 6.95. The Balaban J connectivity index is 1.62. The van der Waals surface area contributed by atoms with E-state index in [1.54, 1.807) is 13.3 Å². The molecule has 1 aliphatic rings. The number of sulfonamides is 1. The van der Waals surface area contributed by atoms with Crippen LogP contribution >= 0.6 is 11.3 Å². The van der Waals surface area contributed by atoms with Crippen LogP contribution in [0.4, 0.5) is 5.13 Å². The number of ether oxygens (including phenoxy) is 1. The van der Waals surface area contributed by atoms with Gasteiger partial charge in [0.05, 0.1) is 37.7 Å². The third kappa shape index (κ3) is 3.93. The average molecular weight is 445 g/mol. The highest BCUT2D eigenvalue weighted by molar-refractivity contribution is 7.88. The molecule has 2 aromatic heterocycles. The summed E-state index contributed by atoms with van der Waals surface area (Å²) in [5.41, 5.74) is 3.36. The molecule has 1 amide bonds. The van der Waals surface area contributed by atoms with Gasteiger partial charge < -0.3 is 4.74 Å². The molecule has 0 spiro atoms. The van der Waals surface area contributed by atoms with Crippen LogP contribution in [0.2, 0.25) is 0 Å². The second-order valence-corrected chi connectivity index (χ2v) is 10.0. The van der Waals surface area contributed by atoms with Crippen LogP contribution in [0.5, 0.6) is 5.75 Å². The Morgan fingerprint density at radius 1 is 1.23 bits per heavy atom. The largest absolute Gasteiger partial charge is 0.496 e. The number of nitrogens with one attached hydrogen (secondary N) is 1. The van der Waals surface area contributed by atoms with E-state index in [0.29, 0.717) is 27.7 Å². The van der Waals surface area contributed by atoms with Crippen LogP contribution in [0, 0.1) is 6.92 Å². The van der Waals surface area contributed by atoms with Crippen LogP contribution in [0.15, 0.2) is 36.5 Å². The number of fused-ring (bicyclic) bond motifs is 1. The molecule has 0 radical (unpaired) electrons. The Hall–Kier alpha value is -2.82. The van der Waals surface area contributed by atoms with Crippen molar-refractivity contribution in [2.75, 3.05) is 18.7 Å². The van der Waals surface area contributed by atoms with E-state index < -0.39 is 10.0 Å². The van der Waals surface area contributed by atoms with Crippen molar-refractivity contribution in [1.29, 1.82) is 0 Å². The minimum atomic E-state index is -3.27. The number of methoxy groups -OCH3 is 1. The first kappa shape index (κ1) is 20.5. The summed E-state index contributed by atoms with van der Waals surface area (Å²) in [4.78, 5) is 22.6. The highest BCUT2D eigenvalue weighted by Crippen LogP contribution is 2.35. The fraction of sp³-hybridized carbons (Fsp3) is 0.250. The molecule has 0 aliphatic carbocycles. The molecule has 8 nitrogen and oxygen atoms in total. The van der Waals surface area contributed by atoms with Crippen molar-refractivity contribution < 1.29 is 17.9 Å². The molecule has 0 atom stereocenters. The number of rotatable bonds is 5. The van der Waals surface area contributed by atoms with E-state index in [-0.39, 0.29) is 19.0 Å². The summed E-state index contributed by atoms with van der Waals surface area (Å²) in [6.07, 6.45) is 2.72. The predicted molar refractivity (Wildman–Crippen MR) is 115 cm³/mol. The van der Waals surface area contributed by atoms with E-state index >= 15 is 0 Å². The van der Waals surface area contributed by atoms with Gasteiger partial charge in [0.1, 0.15) is 5.75 Å². The van der Waals surface area contributed by atoms with Gasteiger partial charge in [-0.2, -0.15) is 4.31 Å². The van der Waals surface area contributed by atoms with Crippen molar-refractivity contribution >= 4 is 32.4 Å². The Morgan fingerprint density at radius 2 is 2.00 bits per heavy atom. The fourth-order valence-electron chi connectivity index (χ4n) is 3.30. The third-order valence-electron chi connectivity index (χ3n) is 4.80. The summed E-state index contributed by atoms with van der Waals surface area (Å²) >= 11 is 1.28. The van der Waals surface area contributed by atoms with Gasteiger partial charge in [0.15, 0.2) is 5.13 Å². The van der Waals surface area contributed by atoms with Gasteiger partial charge in [0, 0.05) is 27.9 Å². The smallest absolute Gasteiger partial charge is 0.259 e. The van der Waals surface area contributed by atoms with Gasteiger partial charge in [-0.3, -0.25) is 15.1 Å². The lowest BCUT2D eigenvalue weighted by molar-refractivity contribution is 0.102. The lowest BCUT2D eigenvalue weighted by atomic mass is 9.99. The van der Waals surface area contributed by atoms with Crippen LogP contribution in [0.3, 0.4) is 0 Å². The molecular formula is C20H20N4O4S2. The summed E-state index contributed by atoms with van der Waals surface area (Å²) in [5, 5.41) is 3.26. The second kappa shape index (κ2) is 7.78. The molecule has 10 heteroatoms. The molecule has 0 saturated carbocycles. The monoisotopic (exact) mass is 444 g/mol. The van der Waals surface area contributed by atoms with Gasteiger partial charge in [-0.1, -0.05) is 29.5 Å². The first-order chi connectivity index (χ1) is 14.3. The summed E-state index contributed by atoms with van der Waals surface area (Å²) in [7, 11) is -1.69. The molecule has 1 N–H and O–H groups in total. The molecule has 0 bridgehead atoms. The number of hydrogen-bond acceptors (Lipinski definition) is 7. The number of anilines is 1. The van der Waals surface area contributed by atoms with E-state index in [1.807, 2.05) is 37.3 Å². The van der Waals surface area contributed by atoms with Crippen LogP contribution < -0.4 is 10.1 Å². The maximum atomic E-state index is 13.0. The van der Waals surface area contributed by atoms with Crippen LogP contribution in [-0.4, -0.2) is 42.0 Å². The fourth-order valence-corrected chi connectivity index (χ4v) is 5.08. The lowest BCUT2D eigenvalue weighted by Gasteiger charge is -2.13.